The van der Waals surface area contributed by atoms with Gasteiger partial charge >= 0.3 is 0 Å². The molecular weight excluding hydrogens is 212 g/mol. The van der Waals surface area contributed by atoms with Crippen molar-refractivity contribution >= 4 is 5.82 Å². The second kappa shape index (κ2) is 4.87. The van der Waals surface area contributed by atoms with Crippen molar-refractivity contribution in [2.24, 2.45) is 0 Å². The molecule has 2 N–H and O–H groups in total. The largest absolute Gasteiger partial charge is 0.494 e. The molecule has 0 radical (unpaired) electrons. The Morgan fingerprint density at radius 3 is 2.82 bits per heavy atom. The number of nitrogens with two attached hydrogens (primary N) is 1. The van der Waals surface area contributed by atoms with E-state index >= 15 is 0 Å². The molecule has 0 amide bonds. The highest BCUT2D eigenvalue weighted by Gasteiger charge is 2.04. The molecule has 1 aromatic heterocycles. The Kier molecular flexibility index (Phi) is 3.28. The molecule has 1 aromatic carbocycles. The fraction of sp³-hybridized carbons (Fsp3) is 0.214. The van der Waals surface area contributed by atoms with E-state index in [1.807, 2.05) is 44.2 Å². The molecule has 88 valence electrons. The number of aryl methyl sites for hydroxylation is 1. The Hall–Kier alpha value is -2.03. The summed E-state index contributed by atoms with van der Waals surface area (Å²) in [6, 6.07) is 9.87. The minimum Gasteiger partial charge on any atom is -0.494 e. The summed E-state index contributed by atoms with van der Waals surface area (Å²) in [5.41, 5.74) is 8.95. The fourth-order valence-electron chi connectivity index (χ4n) is 1.80. The van der Waals surface area contributed by atoms with E-state index in [0.29, 0.717) is 12.4 Å². The third-order valence-corrected chi connectivity index (χ3v) is 2.59. The standard InChI is InChI=1S/C14H16N2O/c1-3-17-12-6-4-5-11(8-12)13-9-16-14(15)7-10(13)2/h4-9H,3H2,1-2H3,(H2,15,16). The van der Waals surface area contributed by atoms with Crippen LogP contribution in [0.25, 0.3) is 11.1 Å². The zero-order valence-electron chi connectivity index (χ0n) is 10.1. The van der Waals surface area contributed by atoms with Gasteiger partial charge in [0.05, 0.1) is 6.61 Å². The number of aromatic nitrogens is 1. The molecule has 0 aliphatic carbocycles. The molecule has 0 bridgehead atoms. The Bertz CT molecular complexity index is 523. The maximum absolute atomic E-state index is 5.65. The van der Waals surface area contributed by atoms with Crippen LogP contribution in [-0.4, -0.2) is 11.6 Å². The third-order valence-electron chi connectivity index (χ3n) is 2.59. The van der Waals surface area contributed by atoms with Crippen LogP contribution in [0.15, 0.2) is 36.5 Å². The van der Waals surface area contributed by atoms with Gasteiger partial charge in [0.15, 0.2) is 0 Å². The predicted molar refractivity (Wildman–Crippen MR) is 70.0 cm³/mol. The van der Waals surface area contributed by atoms with Crippen molar-refractivity contribution in [1.29, 1.82) is 0 Å². The maximum atomic E-state index is 5.65. The topological polar surface area (TPSA) is 48.1 Å². The van der Waals surface area contributed by atoms with Crippen molar-refractivity contribution in [3.05, 3.63) is 42.1 Å². The molecular formula is C14H16N2O. The van der Waals surface area contributed by atoms with Gasteiger partial charge < -0.3 is 10.5 Å². The number of nitrogen functional groups attached to an aromatic ring is 1. The van der Waals surface area contributed by atoms with E-state index < -0.39 is 0 Å². The van der Waals surface area contributed by atoms with Gasteiger partial charge in [-0.05, 0) is 43.2 Å². The molecule has 2 rings (SSSR count). The first kappa shape index (κ1) is 11.5. The Morgan fingerprint density at radius 1 is 1.29 bits per heavy atom. The van der Waals surface area contributed by atoms with Crippen LogP contribution in [0, 0.1) is 6.92 Å². The number of hydrogen-bond acceptors (Lipinski definition) is 3. The monoisotopic (exact) mass is 228 g/mol. The summed E-state index contributed by atoms with van der Waals surface area (Å²) >= 11 is 0. The van der Waals surface area contributed by atoms with Crippen LogP contribution in [0.2, 0.25) is 0 Å². The first-order valence-electron chi connectivity index (χ1n) is 5.66. The highest BCUT2D eigenvalue weighted by molar-refractivity contribution is 5.68. The number of anilines is 1. The van der Waals surface area contributed by atoms with Crippen molar-refractivity contribution in [3.8, 4) is 16.9 Å². The van der Waals surface area contributed by atoms with E-state index in [2.05, 4.69) is 4.98 Å². The lowest BCUT2D eigenvalue weighted by atomic mass is 10.0. The number of nitrogens with zero attached hydrogens (tertiary/aromatic N) is 1. The van der Waals surface area contributed by atoms with Crippen molar-refractivity contribution in [1.82, 2.24) is 4.98 Å². The number of rotatable bonds is 3. The number of ether oxygens (including phenoxy) is 1. The molecule has 0 saturated heterocycles. The summed E-state index contributed by atoms with van der Waals surface area (Å²) < 4.78 is 5.49. The summed E-state index contributed by atoms with van der Waals surface area (Å²) in [5, 5.41) is 0. The van der Waals surface area contributed by atoms with E-state index in [1.54, 1.807) is 6.20 Å². The van der Waals surface area contributed by atoms with Gasteiger partial charge in [0.2, 0.25) is 0 Å². The summed E-state index contributed by atoms with van der Waals surface area (Å²) in [4.78, 5) is 4.13. The Labute approximate surface area is 101 Å². The predicted octanol–water partition coefficient (Wildman–Crippen LogP) is 3.04. The van der Waals surface area contributed by atoms with Gasteiger partial charge in [0.1, 0.15) is 11.6 Å². The lowest BCUT2D eigenvalue weighted by molar-refractivity contribution is 0.340. The average molecular weight is 228 g/mol. The third kappa shape index (κ3) is 2.56. The summed E-state index contributed by atoms with van der Waals surface area (Å²) in [6.45, 7) is 4.67. The second-order valence-electron chi connectivity index (χ2n) is 3.88. The molecule has 1 heterocycles. The Morgan fingerprint density at radius 2 is 2.12 bits per heavy atom. The molecule has 0 unspecified atom stereocenters. The van der Waals surface area contributed by atoms with Crippen LogP contribution in [0.3, 0.4) is 0 Å². The number of benzene rings is 1. The highest BCUT2D eigenvalue weighted by atomic mass is 16.5. The van der Waals surface area contributed by atoms with Crippen LogP contribution in [0.4, 0.5) is 5.82 Å². The van der Waals surface area contributed by atoms with Gasteiger partial charge in [-0.25, -0.2) is 4.98 Å². The SMILES string of the molecule is CCOc1cccc(-c2cnc(N)cc2C)c1. The van der Waals surface area contributed by atoms with Gasteiger partial charge in [0, 0.05) is 11.8 Å². The van der Waals surface area contributed by atoms with E-state index in [1.165, 1.54) is 0 Å². The molecule has 3 nitrogen and oxygen atoms in total. The van der Waals surface area contributed by atoms with Crippen molar-refractivity contribution < 1.29 is 4.74 Å². The molecule has 0 spiro atoms. The lowest BCUT2D eigenvalue weighted by Gasteiger charge is -2.08. The Balaban J connectivity index is 2.42. The minimum atomic E-state index is 0.548. The summed E-state index contributed by atoms with van der Waals surface area (Å²) in [6.07, 6.45) is 1.80. The van der Waals surface area contributed by atoms with Crippen LogP contribution in [0.5, 0.6) is 5.75 Å². The van der Waals surface area contributed by atoms with E-state index in [9.17, 15) is 0 Å². The first-order valence-corrected chi connectivity index (χ1v) is 5.66. The number of pyridine rings is 1. The van der Waals surface area contributed by atoms with Gasteiger partial charge in [0.25, 0.3) is 0 Å². The summed E-state index contributed by atoms with van der Waals surface area (Å²) in [5.74, 6) is 1.42. The molecule has 2 aromatic rings. The van der Waals surface area contributed by atoms with E-state index in [-0.39, 0.29) is 0 Å². The van der Waals surface area contributed by atoms with Gasteiger partial charge in [-0.3, -0.25) is 0 Å². The summed E-state index contributed by atoms with van der Waals surface area (Å²) in [7, 11) is 0. The fourth-order valence-corrected chi connectivity index (χ4v) is 1.80. The quantitative estimate of drug-likeness (QED) is 0.878. The highest BCUT2D eigenvalue weighted by Crippen LogP contribution is 2.26. The van der Waals surface area contributed by atoms with Crippen molar-refractivity contribution in [2.45, 2.75) is 13.8 Å². The van der Waals surface area contributed by atoms with Gasteiger partial charge in [-0.15, -0.1) is 0 Å². The molecule has 0 saturated carbocycles. The molecule has 3 heteroatoms. The van der Waals surface area contributed by atoms with Crippen LogP contribution in [0.1, 0.15) is 12.5 Å². The van der Waals surface area contributed by atoms with E-state index in [4.69, 9.17) is 10.5 Å². The molecule has 0 fully saturated rings. The number of hydrogen-bond donors (Lipinski definition) is 1. The van der Waals surface area contributed by atoms with Gasteiger partial charge in [-0.1, -0.05) is 12.1 Å². The van der Waals surface area contributed by atoms with Crippen molar-refractivity contribution in [3.63, 3.8) is 0 Å². The minimum absolute atomic E-state index is 0.548. The zero-order valence-corrected chi connectivity index (χ0v) is 10.1. The smallest absolute Gasteiger partial charge is 0.123 e. The van der Waals surface area contributed by atoms with Crippen LogP contribution in [-0.2, 0) is 0 Å². The van der Waals surface area contributed by atoms with Crippen molar-refractivity contribution in [2.75, 3.05) is 12.3 Å². The average Bonchev–Trinajstić information content (AvgIpc) is 2.29. The molecule has 0 atom stereocenters. The first-order chi connectivity index (χ1) is 8.20. The normalized spacial score (nSPS) is 10.2. The van der Waals surface area contributed by atoms with E-state index in [0.717, 1.165) is 22.4 Å². The molecule has 17 heavy (non-hydrogen) atoms. The molecule has 0 aliphatic heterocycles. The second-order valence-corrected chi connectivity index (χ2v) is 3.88. The lowest BCUT2D eigenvalue weighted by Crippen LogP contribution is -1.94. The maximum Gasteiger partial charge on any atom is 0.123 e. The molecule has 0 aliphatic rings. The van der Waals surface area contributed by atoms with Crippen LogP contribution < -0.4 is 10.5 Å². The zero-order chi connectivity index (χ0) is 12.3. The van der Waals surface area contributed by atoms with Crippen LogP contribution >= 0.6 is 0 Å². The van der Waals surface area contributed by atoms with Gasteiger partial charge in [-0.2, -0.15) is 0 Å².